The number of rotatable bonds is 5. The molecule has 0 radical (unpaired) electrons. The predicted molar refractivity (Wildman–Crippen MR) is 97.6 cm³/mol. The summed E-state index contributed by atoms with van der Waals surface area (Å²) in [7, 11) is 0. The van der Waals surface area contributed by atoms with Gasteiger partial charge >= 0.3 is 5.97 Å². The lowest BCUT2D eigenvalue weighted by molar-refractivity contribution is -0.149. The third-order valence-electron chi connectivity index (χ3n) is 5.20. The molecule has 1 aliphatic heterocycles. The maximum atomic E-state index is 12.2. The van der Waals surface area contributed by atoms with Crippen LogP contribution in [0.5, 0.6) is 0 Å². The lowest BCUT2D eigenvalue weighted by Crippen LogP contribution is -2.48. The second-order valence-corrected chi connectivity index (χ2v) is 7.15. The first-order valence-corrected chi connectivity index (χ1v) is 9.31. The van der Waals surface area contributed by atoms with Gasteiger partial charge in [-0.15, -0.1) is 0 Å². The van der Waals surface area contributed by atoms with Crippen LogP contribution < -0.4 is 10.6 Å². The number of benzene rings is 1. The molecule has 0 saturated heterocycles. The van der Waals surface area contributed by atoms with Crippen molar-refractivity contribution < 1.29 is 19.1 Å². The first-order chi connectivity index (χ1) is 13.0. The fraction of sp³-hybridized carbons (Fsp3) is 0.500. The molecule has 1 aromatic carbocycles. The van der Waals surface area contributed by atoms with E-state index >= 15 is 0 Å². The lowest BCUT2D eigenvalue weighted by atomic mass is 9.92. The minimum absolute atomic E-state index is 0.125. The smallest absolute Gasteiger partial charge is 0.307 e. The van der Waals surface area contributed by atoms with Crippen LogP contribution in [0.1, 0.15) is 56.4 Å². The Morgan fingerprint density at radius 1 is 1.22 bits per heavy atom. The molecule has 2 aliphatic rings. The Kier molecular flexibility index (Phi) is 5.75. The standard InChI is InChI=1S/C20H23N3O4/c21-13-20(9-5-1-2-6-10-20)23-17(24)12-27-18(25)11-15-14-7-3-4-8-16(14)22-19(15)26/h3-4,7-8,15H,1-2,5-6,9-12H2,(H,22,26)(H,23,24)/t15-/m1/s1. The van der Waals surface area contributed by atoms with Crippen molar-refractivity contribution in [3.8, 4) is 6.07 Å². The predicted octanol–water partition coefficient (Wildman–Crippen LogP) is 2.39. The molecule has 0 aromatic heterocycles. The van der Waals surface area contributed by atoms with Gasteiger partial charge < -0.3 is 15.4 Å². The molecule has 1 aromatic rings. The number of nitrogens with one attached hydrogen (secondary N) is 2. The summed E-state index contributed by atoms with van der Waals surface area (Å²) in [6.45, 7) is -0.446. The Balaban J connectivity index is 1.51. The lowest BCUT2D eigenvalue weighted by Gasteiger charge is -2.26. The summed E-state index contributed by atoms with van der Waals surface area (Å²) < 4.78 is 5.05. The number of hydrogen-bond acceptors (Lipinski definition) is 5. The Labute approximate surface area is 158 Å². The molecule has 7 nitrogen and oxygen atoms in total. The zero-order valence-corrected chi connectivity index (χ0v) is 15.1. The highest BCUT2D eigenvalue weighted by atomic mass is 16.5. The highest BCUT2D eigenvalue weighted by Gasteiger charge is 2.34. The van der Waals surface area contributed by atoms with Crippen LogP contribution in [0.25, 0.3) is 0 Å². The number of nitriles is 1. The Hall–Kier alpha value is -2.88. The van der Waals surface area contributed by atoms with E-state index in [1.54, 1.807) is 18.2 Å². The van der Waals surface area contributed by atoms with Crippen molar-refractivity contribution in [1.82, 2.24) is 5.32 Å². The molecule has 0 bridgehead atoms. The van der Waals surface area contributed by atoms with Gasteiger partial charge in [0, 0.05) is 5.69 Å². The van der Waals surface area contributed by atoms with Gasteiger partial charge in [-0.3, -0.25) is 14.4 Å². The monoisotopic (exact) mass is 369 g/mol. The first kappa shape index (κ1) is 18.9. The maximum Gasteiger partial charge on any atom is 0.307 e. The fourth-order valence-corrected chi connectivity index (χ4v) is 3.75. The number of ether oxygens (including phenoxy) is 1. The number of hydrogen-bond donors (Lipinski definition) is 2. The highest BCUT2D eigenvalue weighted by molar-refractivity contribution is 6.04. The van der Waals surface area contributed by atoms with Crippen molar-refractivity contribution in [3.63, 3.8) is 0 Å². The Morgan fingerprint density at radius 3 is 2.63 bits per heavy atom. The van der Waals surface area contributed by atoms with Gasteiger partial charge in [-0.25, -0.2) is 0 Å². The highest BCUT2D eigenvalue weighted by Crippen LogP contribution is 2.34. The Bertz CT molecular complexity index is 776. The van der Waals surface area contributed by atoms with Gasteiger partial charge in [-0.2, -0.15) is 5.26 Å². The van der Waals surface area contributed by atoms with Gasteiger partial charge in [0.2, 0.25) is 5.91 Å². The number of para-hydroxylation sites is 1. The largest absolute Gasteiger partial charge is 0.456 e. The van der Waals surface area contributed by atoms with Crippen LogP contribution in [0.4, 0.5) is 5.69 Å². The van der Waals surface area contributed by atoms with Gasteiger partial charge in [0.1, 0.15) is 5.54 Å². The van der Waals surface area contributed by atoms with Gasteiger partial charge in [-0.1, -0.05) is 43.9 Å². The molecule has 1 atom stereocenters. The van der Waals surface area contributed by atoms with E-state index in [9.17, 15) is 19.6 Å². The Morgan fingerprint density at radius 2 is 1.93 bits per heavy atom. The second kappa shape index (κ2) is 8.21. The van der Waals surface area contributed by atoms with Crippen molar-refractivity contribution in [2.75, 3.05) is 11.9 Å². The number of nitrogens with zero attached hydrogens (tertiary/aromatic N) is 1. The van der Waals surface area contributed by atoms with E-state index in [1.807, 2.05) is 6.07 Å². The van der Waals surface area contributed by atoms with Crippen LogP contribution in [-0.4, -0.2) is 29.9 Å². The molecule has 3 rings (SSSR count). The molecule has 0 spiro atoms. The summed E-state index contributed by atoms with van der Waals surface area (Å²) in [6.07, 6.45) is 5.00. The average molecular weight is 369 g/mol. The molecule has 27 heavy (non-hydrogen) atoms. The van der Waals surface area contributed by atoms with Gasteiger partial charge in [-0.05, 0) is 24.5 Å². The summed E-state index contributed by atoms with van der Waals surface area (Å²) in [5, 5.41) is 15.0. The normalized spacial score (nSPS) is 20.6. The molecule has 1 saturated carbocycles. The molecule has 0 unspecified atom stereocenters. The number of esters is 1. The average Bonchev–Trinajstić information content (AvgIpc) is 2.83. The zero-order chi connectivity index (χ0) is 19.3. The first-order valence-electron chi connectivity index (χ1n) is 9.31. The van der Waals surface area contributed by atoms with Crippen LogP contribution in [0, 0.1) is 11.3 Å². The second-order valence-electron chi connectivity index (χ2n) is 7.15. The van der Waals surface area contributed by atoms with E-state index < -0.39 is 29.9 Å². The van der Waals surface area contributed by atoms with E-state index in [2.05, 4.69) is 16.7 Å². The molecule has 142 valence electrons. The summed E-state index contributed by atoms with van der Waals surface area (Å²) in [5.41, 5.74) is 0.581. The van der Waals surface area contributed by atoms with Gasteiger partial charge in [0.05, 0.1) is 18.4 Å². The number of carbonyl (C=O) groups excluding carboxylic acids is 3. The van der Waals surface area contributed by atoms with E-state index in [1.165, 1.54) is 0 Å². The van der Waals surface area contributed by atoms with Crippen molar-refractivity contribution in [3.05, 3.63) is 29.8 Å². The number of amides is 2. The van der Waals surface area contributed by atoms with E-state index in [4.69, 9.17) is 4.74 Å². The molecule has 1 heterocycles. The van der Waals surface area contributed by atoms with E-state index in [-0.39, 0.29) is 12.3 Å². The maximum absolute atomic E-state index is 12.2. The molecule has 2 N–H and O–H groups in total. The van der Waals surface area contributed by atoms with Crippen LogP contribution in [0.15, 0.2) is 24.3 Å². The topological polar surface area (TPSA) is 108 Å². The van der Waals surface area contributed by atoms with Crippen molar-refractivity contribution in [2.45, 2.75) is 56.4 Å². The number of carbonyl (C=O) groups is 3. The third kappa shape index (κ3) is 4.45. The van der Waals surface area contributed by atoms with Crippen LogP contribution >= 0.6 is 0 Å². The minimum atomic E-state index is -0.871. The van der Waals surface area contributed by atoms with Crippen molar-refractivity contribution in [1.29, 1.82) is 5.26 Å². The number of anilines is 1. The fourth-order valence-electron chi connectivity index (χ4n) is 3.75. The summed E-state index contributed by atoms with van der Waals surface area (Å²) >= 11 is 0. The van der Waals surface area contributed by atoms with Crippen LogP contribution in [0.2, 0.25) is 0 Å². The summed E-state index contributed by atoms with van der Waals surface area (Å²) in [4.78, 5) is 36.3. The van der Waals surface area contributed by atoms with Crippen molar-refractivity contribution >= 4 is 23.5 Å². The molecular weight excluding hydrogens is 346 g/mol. The van der Waals surface area contributed by atoms with E-state index in [0.717, 1.165) is 31.2 Å². The van der Waals surface area contributed by atoms with Gasteiger partial charge in [0.25, 0.3) is 5.91 Å². The third-order valence-corrected chi connectivity index (χ3v) is 5.20. The van der Waals surface area contributed by atoms with Crippen molar-refractivity contribution in [2.24, 2.45) is 0 Å². The SMILES string of the molecule is N#CC1(NC(=O)COC(=O)C[C@H]2C(=O)Nc3ccccc32)CCCCCC1. The number of fused-ring (bicyclic) bond motifs is 1. The zero-order valence-electron chi connectivity index (χ0n) is 15.1. The quantitative estimate of drug-likeness (QED) is 0.612. The molecule has 1 aliphatic carbocycles. The van der Waals surface area contributed by atoms with Crippen LogP contribution in [-0.2, 0) is 19.1 Å². The van der Waals surface area contributed by atoms with E-state index in [0.29, 0.717) is 18.5 Å². The minimum Gasteiger partial charge on any atom is -0.456 e. The molecule has 2 amide bonds. The summed E-state index contributed by atoms with van der Waals surface area (Å²) in [5.74, 6) is -1.96. The molecule has 7 heteroatoms. The van der Waals surface area contributed by atoms with Crippen LogP contribution in [0.3, 0.4) is 0 Å². The molecule has 1 fully saturated rings. The summed E-state index contributed by atoms with van der Waals surface area (Å²) in [6, 6.07) is 9.41. The van der Waals surface area contributed by atoms with Gasteiger partial charge in [0.15, 0.2) is 6.61 Å². The molecular formula is C20H23N3O4.